The molecule has 0 radical (unpaired) electrons. The summed E-state index contributed by atoms with van der Waals surface area (Å²) in [4.78, 5) is 11.8. The van der Waals surface area contributed by atoms with E-state index in [1.165, 1.54) is 0 Å². The Kier molecular flexibility index (Phi) is 5.85. The number of ether oxygens (including phenoxy) is 1. The van der Waals surface area contributed by atoms with Gasteiger partial charge in [0.15, 0.2) is 0 Å². The Bertz CT molecular complexity index is 912. The number of carbonyl (C=O) groups is 1. The van der Waals surface area contributed by atoms with E-state index in [-0.39, 0.29) is 5.57 Å². The van der Waals surface area contributed by atoms with Gasteiger partial charge in [0.25, 0.3) is 0 Å². The molecule has 0 atom stereocenters. The second-order valence-electron chi connectivity index (χ2n) is 5.93. The van der Waals surface area contributed by atoms with Gasteiger partial charge >= 0.3 is 5.97 Å². The van der Waals surface area contributed by atoms with Crippen LogP contribution in [0.2, 0.25) is 0 Å². The van der Waals surface area contributed by atoms with Crippen LogP contribution >= 0.6 is 0 Å². The van der Waals surface area contributed by atoms with Crippen LogP contribution in [0.5, 0.6) is 5.75 Å². The van der Waals surface area contributed by atoms with Gasteiger partial charge in [0.05, 0.1) is 12.7 Å². The molecule has 3 aromatic rings. The summed E-state index contributed by atoms with van der Waals surface area (Å²) in [5.74, 6) is -0.287. The summed E-state index contributed by atoms with van der Waals surface area (Å²) in [5, 5.41) is 9.68. The van der Waals surface area contributed by atoms with Gasteiger partial charge in [-0.25, -0.2) is 4.79 Å². The van der Waals surface area contributed by atoms with Gasteiger partial charge in [-0.05, 0) is 40.5 Å². The minimum Gasteiger partial charge on any atom is -0.497 e. The predicted octanol–water partition coefficient (Wildman–Crippen LogP) is 5.30. The second-order valence-corrected chi connectivity index (χ2v) is 5.93. The molecule has 0 bridgehead atoms. The number of carboxylic acids is 1. The molecule has 0 spiro atoms. The molecule has 0 saturated carbocycles. The molecule has 0 unspecified atom stereocenters. The summed E-state index contributed by atoms with van der Waals surface area (Å²) in [6, 6.07) is 26.9. The van der Waals surface area contributed by atoms with Crippen LogP contribution in [0.15, 0.2) is 97.1 Å². The van der Waals surface area contributed by atoms with Gasteiger partial charge < -0.3 is 9.84 Å². The Labute approximate surface area is 158 Å². The maximum Gasteiger partial charge on any atom is 0.336 e. The maximum atomic E-state index is 11.8. The van der Waals surface area contributed by atoms with Gasteiger partial charge in [0.1, 0.15) is 5.75 Å². The number of methoxy groups -OCH3 is 1. The van der Waals surface area contributed by atoms with Crippen LogP contribution < -0.4 is 4.74 Å². The fourth-order valence-electron chi connectivity index (χ4n) is 2.82. The monoisotopic (exact) mass is 356 g/mol. The van der Waals surface area contributed by atoms with Gasteiger partial charge in [-0.15, -0.1) is 0 Å². The molecule has 3 heteroatoms. The number of allylic oxidation sites excluding steroid dienone is 2. The van der Waals surface area contributed by atoms with E-state index >= 15 is 0 Å². The highest BCUT2D eigenvalue weighted by molar-refractivity contribution is 6.16. The molecule has 3 rings (SSSR count). The largest absolute Gasteiger partial charge is 0.497 e. The standard InChI is InChI=1S/C24H20O3/c1-27-21-14-12-20(13-15-21)23(24(25)26)17-16-22(18-8-4-2-5-9-18)19-10-6-3-7-11-19/h2-17H,1H3,(H,25,26)/b23-17+. The first-order valence-corrected chi connectivity index (χ1v) is 8.59. The van der Waals surface area contributed by atoms with E-state index in [9.17, 15) is 9.90 Å². The topological polar surface area (TPSA) is 46.5 Å². The quantitative estimate of drug-likeness (QED) is 0.482. The molecule has 0 aliphatic heterocycles. The summed E-state index contributed by atoms with van der Waals surface area (Å²) < 4.78 is 5.14. The number of aliphatic carboxylic acids is 1. The lowest BCUT2D eigenvalue weighted by Crippen LogP contribution is -1.99. The summed E-state index contributed by atoms with van der Waals surface area (Å²) in [7, 11) is 1.58. The van der Waals surface area contributed by atoms with Crippen molar-refractivity contribution in [1.29, 1.82) is 0 Å². The number of benzene rings is 3. The fraction of sp³-hybridized carbons (Fsp3) is 0.0417. The Balaban J connectivity index is 2.07. The van der Waals surface area contributed by atoms with E-state index in [4.69, 9.17) is 4.74 Å². The Morgan fingerprint density at radius 3 is 1.70 bits per heavy atom. The van der Waals surface area contributed by atoms with Gasteiger partial charge in [-0.2, -0.15) is 0 Å². The lowest BCUT2D eigenvalue weighted by atomic mass is 9.96. The lowest BCUT2D eigenvalue weighted by molar-refractivity contribution is -0.130. The highest BCUT2D eigenvalue weighted by Gasteiger charge is 2.10. The number of hydrogen-bond acceptors (Lipinski definition) is 2. The molecular weight excluding hydrogens is 336 g/mol. The van der Waals surface area contributed by atoms with Crippen LogP contribution in [0.1, 0.15) is 16.7 Å². The first-order chi connectivity index (χ1) is 13.2. The molecule has 0 aliphatic carbocycles. The van der Waals surface area contributed by atoms with E-state index < -0.39 is 5.97 Å². The predicted molar refractivity (Wildman–Crippen MR) is 109 cm³/mol. The van der Waals surface area contributed by atoms with Gasteiger partial charge in [0, 0.05) is 0 Å². The van der Waals surface area contributed by atoms with Crippen LogP contribution in [0.25, 0.3) is 11.1 Å². The maximum absolute atomic E-state index is 11.8. The summed E-state index contributed by atoms with van der Waals surface area (Å²) in [6.07, 6.45) is 3.51. The normalized spacial score (nSPS) is 10.9. The minimum absolute atomic E-state index is 0.224. The Hall–Kier alpha value is -3.59. The van der Waals surface area contributed by atoms with Crippen molar-refractivity contribution in [2.45, 2.75) is 0 Å². The van der Waals surface area contributed by atoms with E-state index in [0.717, 1.165) is 16.7 Å². The molecular formula is C24H20O3. The van der Waals surface area contributed by atoms with Crippen LogP contribution in [0.4, 0.5) is 0 Å². The van der Waals surface area contributed by atoms with E-state index in [2.05, 4.69) is 0 Å². The zero-order valence-corrected chi connectivity index (χ0v) is 15.0. The van der Waals surface area contributed by atoms with E-state index in [0.29, 0.717) is 11.3 Å². The first-order valence-electron chi connectivity index (χ1n) is 8.59. The molecule has 3 nitrogen and oxygen atoms in total. The van der Waals surface area contributed by atoms with Crippen molar-refractivity contribution in [1.82, 2.24) is 0 Å². The van der Waals surface area contributed by atoms with Crippen LogP contribution in [0.3, 0.4) is 0 Å². The lowest BCUT2D eigenvalue weighted by Gasteiger charge is -2.08. The van der Waals surface area contributed by atoms with Crippen LogP contribution in [-0.4, -0.2) is 18.2 Å². The average Bonchev–Trinajstić information content (AvgIpc) is 2.72. The van der Waals surface area contributed by atoms with Crippen molar-refractivity contribution >= 4 is 17.1 Å². The third kappa shape index (κ3) is 4.53. The molecule has 0 aromatic heterocycles. The van der Waals surface area contributed by atoms with Gasteiger partial charge in [-0.1, -0.05) is 78.9 Å². The molecule has 3 aromatic carbocycles. The van der Waals surface area contributed by atoms with Crippen molar-refractivity contribution in [3.8, 4) is 5.75 Å². The molecule has 134 valence electrons. The zero-order chi connectivity index (χ0) is 19.1. The number of carboxylic acid groups (broad SMARTS) is 1. The molecule has 1 N–H and O–H groups in total. The minimum atomic E-state index is -0.975. The van der Waals surface area contributed by atoms with Crippen molar-refractivity contribution in [2.75, 3.05) is 7.11 Å². The SMILES string of the molecule is COc1ccc(/C(=C\C=C(c2ccccc2)c2ccccc2)C(=O)O)cc1. The second kappa shape index (κ2) is 8.68. The third-order valence-corrected chi connectivity index (χ3v) is 4.22. The molecule has 27 heavy (non-hydrogen) atoms. The van der Waals surface area contributed by atoms with Gasteiger partial charge in [-0.3, -0.25) is 0 Å². The smallest absolute Gasteiger partial charge is 0.336 e. The summed E-state index contributed by atoms with van der Waals surface area (Å²) >= 11 is 0. The fourth-order valence-corrected chi connectivity index (χ4v) is 2.82. The number of hydrogen-bond donors (Lipinski definition) is 1. The van der Waals surface area contributed by atoms with Gasteiger partial charge in [0.2, 0.25) is 0 Å². The Morgan fingerprint density at radius 1 is 0.741 bits per heavy atom. The van der Waals surface area contributed by atoms with Crippen LogP contribution in [-0.2, 0) is 4.79 Å². The van der Waals surface area contributed by atoms with E-state index in [1.54, 1.807) is 37.5 Å². The molecule has 0 fully saturated rings. The highest BCUT2D eigenvalue weighted by atomic mass is 16.5. The van der Waals surface area contributed by atoms with Crippen LogP contribution in [0, 0.1) is 0 Å². The molecule has 0 saturated heterocycles. The van der Waals surface area contributed by atoms with E-state index in [1.807, 2.05) is 66.7 Å². The Morgan fingerprint density at radius 2 is 1.26 bits per heavy atom. The zero-order valence-electron chi connectivity index (χ0n) is 15.0. The average molecular weight is 356 g/mol. The third-order valence-electron chi connectivity index (χ3n) is 4.22. The summed E-state index contributed by atoms with van der Waals surface area (Å²) in [5.41, 5.74) is 3.87. The first kappa shape index (κ1) is 18.2. The number of rotatable bonds is 6. The molecule has 0 aliphatic rings. The van der Waals surface area contributed by atoms with Crippen molar-refractivity contribution in [3.05, 3.63) is 114 Å². The molecule has 0 heterocycles. The van der Waals surface area contributed by atoms with Crippen molar-refractivity contribution in [3.63, 3.8) is 0 Å². The highest BCUT2D eigenvalue weighted by Crippen LogP contribution is 2.25. The van der Waals surface area contributed by atoms with Crippen molar-refractivity contribution < 1.29 is 14.6 Å². The molecule has 0 amide bonds. The van der Waals surface area contributed by atoms with Crippen molar-refractivity contribution in [2.24, 2.45) is 0 Å². The summed E-state index contributed by atoms with van der Waals surface area (Å²) in [6.45, 7) is 0.